The zero-order chi connectivity index (χ0) is 12.4. The molecule has 17 heavy (non-hydrogen) atoms. The number of aliphatic carboxylic acids is 1. The van der Waals surface area contributed by atoms with Gasteiger partial charge in [0, 0.05) is 12.5 Å². The van der Waals surface area contributed by atoms with Crippen LogP contribution in [0.4, 0.5) is 0 Å². The van der Waals surface area contributed by atoms with Crippen LogP contribution in [0.2, 0.25) is 0 Å². The molecule has 4 nitrogen and oxygen atoms in total. The van der Waals surface area contributed by atoms with Crippen LogP contribution in [0.1, 0.15) is 29.5 Å². The number of benzene rings is 1. The van der Waals surface area contributed by atoms with Gasteiger partial charge < -0.3 is 10.8 Å². The number of hydrogen-bond donors (Lipinski definition) is 2. The fourth-order valence-electron chi connectivity index (χ4n) is 1.73. The van der Waals surface area contributed by atoms with E-state index in [1.54, 1.807) is 11.3 Å². The van der Waals surface area contributed by atoms with Crippen LogP contribution in [0, 0.1) is 6.92 Å². The normalized spacial score (nSPS) is 12.8. The Balaban J connectivity index is 2.20. The van der Waals surface area contributed by atoms with E-state index in [9.17, 15) is 4.79 Å². The number of rotatable bonds is 4. The Labute approximate surface area is 103 Å². The van der Waals surface area contributed by atoms with Crippen molar-refractivity contribution in [2.75, 3.05) is 0 Å². The van der Waals surface area contributed by atoms with E-state index in [0.29, 0.717) is 6.42 Å². The van der Waals surface area contributed by atoms with Gasteiger partial charge in [-0.1, -0.05) is 6.07 Å². The summed E-state index contributed by atoms with van der Waals surface area (Å²) < 4.78 is 1.10. The zero-order valence-electron chi connectivity index (χ0n) is 9.51. The third-order valence-electron chi connectivity index (χ3n) is 2.62. The molecule has 0 bridgehead atoms. The average Bonchev–Trinajstić information content (AvgIpc) is 2.64. The first-order valence-electron chi connectivity index (χ1n) is 5.41. The molecule has 2 rings (SSSR count). The highest BCUT2D eigenvalue weighted by atomic mass is 32.1. The number of hydrogen-bond acceptors (Lipinski definition) is 4. The minimum atomic E-state index is -0.810. The first-order valence-corrected chi connectivity index (χ1v) is 6.22. The summed E-state index contributed by atoms with van der Waals surface area (Å²) in [6, 6.07) is 5.65. The van der Waals surface area contributed by atoms with E-state index < -0.39 is 5.97 Å². The van der Waals surface area contributed by atoms with Gasteiger partial charge >= 0.3 is 5.97 Å². The molecule has 1 aromatic heterocycles. The third kappa shape index (κ3) is 2.81. The molecule has 2 aromatic rings. The highest BCUT2D eigenvalue weighted by Gasteiger charge is 2.10. The molecule has 0 fully saturated rings. The number of nitrogens with zero attached hydrogens (tertiary/aromatic N) is 1. The highest BCUT2D eigenvalue weighted by molar-refractivity contribution is 7.18. The van der Waals surface area contributed by atoms with Gasteiger partial charge in [-0.2, -0.15) is 0 Å². The molecule has 1 aromatic carbocycles. The second-order valence-electron chi connectivity index (χ2n) is 4.00. The van der Waals surface area contributed by atoms with Crippen LogP contribution in [0.25, 0.3) is 10.2 Å². The second kappa shape index (κ2) is 4.81. The van der Waals surface area contributed by atoms with Crippen LogP contribution in [0.5, 0.6) is 0 Å². The topological polar surface area (TPSA) is 76.2 Å². The number of carboxylic acids is 1. The van der Waals surface area contributed by atoms with Gasteiger partial charge in [0.2, 0.25) is 0 Å². The van der Waals surface area contributed by atoms with Crippen molar-refractivity contribution < 1.29 is 9.90 Å². The van der Waals surface area contributed by atoms with Crippen LogP contribution < -0.4 is 5.73 Å². The lowest BCUT2D eigenvalue weighted by Gasteiger charge is -2.10. The Morgan fingerprint density at radius 3 is 3.06 bits per heavy atom. The van der Waals surface area contributed by atoms with Crippen molar-refractivity contribution in [1.29, 1.82) is 0 Å². The summed E-state index contributed by atoms with van der Waals surface area (Å²) in [5.74, 6) is -0.810. The molecule has 3 N–H and O–H groups in total. The van der Waals surface area contributed by atoms with E-state index in [4.69, 9.17) is 10.8 Å². The predicted octanol–water partition coefficient (Wildman–Crippen LogP) is 2.47. The lowest BCUT2D eigenvalue weighted by atomic mass is 10.0. The number of aryl methyl sites for hydroxylation is 1. The third-order valence-corrected chi connectivity index (χ3v) is 3.55. The van der Waals surface area contributed by atoms with Gasteiger partial charge in [-0.15, -0.1) is 11.3 Å². The molecule has 0 saturated carbocycles. The number of nitrogens with two attached hydrogens (primary N) is 1. The SMILES string of the molecule is Cc1nc2ccc(C(N)CCC(=O)O)cc2s1. The molecular formula is C12H14N2O2S. The highest BCUT2D eigenvalue weighted by Crippen LogP contribution is 2.25. The van der Waals surface area contributed by atoms with Gasteiger partial charge in [0.1, 0.15) is 0 Å². The number of carbonyl (C=O) groups is 1. The van der Waals surface area contributed by atoms with E-state index in [1.165, 1.54) is 0 Å². The van der Waals surface area contributed by atoms with Gasteiger partial charge in [0.05, 0.1) is 15.2 Å². The Bertz CT molecular complexity index is 550. The summed E-state index contributed by atoms with van der Waals surface area (Å²) in [5.41, 5.74) is 7.91. The average molecular weight is 250 g/mol. The summed E-state index contributed by atoms with van der Waals surface area (Å²) in [5, 5.41) is 9.65. The van der Waals surface area contributed by atoms with Crippen LogP contribution in [-0.4, -0.2) is 16.1 Å². The predicted molar refractivity (Wildman–Crippen MR) is 68.2 cm³/mol. The van der Waals surface area contributed by atoms with Crippen LogP contribution in [0.3, 0.4) is 0 Å². The van der Waals surface area contributed by atoms with Crippen molar-refractivity contribution in [3.8, 4) is 0 Å². The molecule has 90 valence electrons. The van der Waals surface area contributed by atoms with Crippen molar-refractivity contribution >= 4 is 27.5 Å². The summed E-state index contributed by atoms with van der Waals surface area (Å²) in [6.07, 6.45) is 0.555. The molecule has 5 heteroatoms. The van der Waals surface area contributed by atoms with Crippen molar-refractivity contribution in [2.24, 2.45) is 5.73 Å². The fourth-order valence-corrected chi connectivity index (χ4v) is 2.61. The minimum Gasteiger partial charge on any atom is -0.481 e. The van der Waals surface area contributed by atoms with Gasteiger partial charge in [0.15, 0.2) is 0 Å². The maximum Gasteiger partial charge on any atom is 0.303 e. The summed E-state index contributed by atoms with van der Waals surface area (Å²) in [4.78, 5) is 14.9. The molecule has 0 spiro atoms. The molecule has 1 heterocycles. The Morgan fingerprint density at radius 2 is 2.35 bits per heavy atom. The van der Waals surface area contributed by atoms with E-state index in [2.05, 4.69) is 4.98 Å². The van der Waals surface area contributed by atoms with Crippen molar-refractivity contribution in [3.05, 3.63) is 28.8 Å². The van der Waals surface area contributed by atoms with E-state index in [1.807, 2.05) is 25.1 Å². The number of thiazole rings is 1. The molecule has 0 aliphatic heterocycles. The molecule has 0 aliphatic rings. The van der Waals surface area contributed by atoms with E-state index in [0.717, 1.165) is 20.8 Å². The molecule has 0 saturated heterocycles. The lowest BCUT2D eigenvalue weighted by molar-refractivity contribution is -0.137. The van der Waals surface area contributed by atoms with E-state index in [-0.39, 0.29) is 12.5 Å². The zero-order valence-corrected chi connectivity index (χ0v) is 10.3. The first-order chi connectivity index (χ1) is 8.06. The molecule has 0 radical (unpaired) electrons. The summed E-state index contributed by atoms with van der Waals surface area (Å²) in [7, 11) is 0. The van der Waals surface area contributed by atoms with Crippen LogP contribution in [-0.2, 0) is 4.79 Å². The van der Waals surface area contributed by atoms with E-state index >= 15 is 0 Å². The maximum atomic E-state index is 10.5. The summed E-state index contributed by atoms with van der Waals surface area (Å²) >= 11 is 1.63. The van der Waals surface area contributed by atoms with Crippen molar-refractivity contribution in [3.63, 3.8) is 0 Å². The molecular weight excluding hydrogens is 236 g/mol. The number of aromatic nitrogens is 1. The monoisotopic (exact) mass is 250 g/mol. The largest absolute Gasteiger partial charge is 0.481 e. The van der Waals surface area contributed by atoms with Crippen LogP contribution >= 0.6 is 11.3 Å². The fraction of sp³-hybridized carbons (Fsp3) is 0.333. The standard InChI is InChI=1S/C12H14N2O2S/c1-7-14-10-4-2-8(6-11(10)17-7)9(13)3-5-12(15)16/h2,4,6,9H,3,5,13H2,1H3,(H,15,16). The van der Waals surface area contributed by atoms with Gasteiger partial charge in [-0.25, -0.2) is 4.98 Å². The minimum absolute atomic E-state index is 0.0981. The Kier molecular flexibility index (Phi) is 3.40. The lowest BCUT2D eigenvalue weighted by Crippen LogP contribution is -2.12. The number of fused-ring (bicyclic) bond motifs is 1. The number of carboxylic acid groups (broad SMARTS) is 1. The van der Waals surface area contributed by atoms with Crippen LogP contribution in [0.15, 0.2) is 18.2 Å². The molecule has 1 atom stereocenters. The van der Waals surface area contributed by atoms with Gasteiger partial charge in [-0.3, -0.25) is 4.79 Å². The van der Waals surface area contributed by atoms with Gasteiger partial charge in [-0.05, 0) is 31.0 Å². The first kappa shape index (κ1) is 12.0. The molecule has 0 aliphatic carbocycles. The molecule has 0 amide bonds. The summed E-state index contributed by atoms with van der Waals surface area (Å²) in [6.45, 7) is 1.97. The Hall–Kier alpha value is -1.46. The smallest absolute Gasteiger partial charge is 0.303 e. The Morgan fingerprint density at radius 1 is 1.59 bits per heavy atom. The maximum absolute atomic E-state index is 10.5. The second-order valence-corrected chi connectivity index (χ2v) is 5.23. The van der Waals surface area contributed by atoms with Gasteiger partial charge in [0.25, 0.3) is 0 Å². The molecule has 1 unspecified atom stereocenters. The van der Waals surface area contributed by atoms with Crippen molar-refractivity contribution in [1.82, 2.24) is 4.98 Å². The van der Waals surface area contributed by atoms with Crippen molar-refractivity contribution in [2.45, 2.75) is 25.8 Å². The quantitative estimate of drug-likeness (QED) is 0.874.